The number of rotatable bonds is 4. The zero-order valence-electron chi connectivity index (χ0n) is 10.5. The fourth-order valence-electron chi connectivity index (χ4n) is 1.58. The molecule has 0 aromatic heterocycles. The first-order chi connectivity index (χ1) is 7.42. The van der Waals surface area contributed by atoms with Crippen LogP contribution >= 0.6 is 0 Å². The summed E-state index contributed by atoms with van der Waals surface area (Å²) in [5.74, 6) is 0.541. The van der Waals surface area contributed by atoms with Crippen molar-refractivity contribution in [2.24, 2.45) is 11.7 Å². The highest BCUT2D eigenvalue weighted by Crippen LogP contribution is 2.18. The molecule has 0 radical (unpaired) electrons. The molecule has 16 heavy (non-hydrogen) atoms. The van der Waals surface area contributed by atoms with Crippen LogP contribution in [-0.4, -0.2) is 49.3 Å². The fourth-order valence-corrected chi connectivity index (χ4v) is 1.58. The van der Waals surface area contributed by atoms with E-state index in [0.717, 1.165) is 26.2 Å². The summed E-state index contributed by atoms with van der Waals surface area (Å²) in [5.41, 5.74) is 4.97. The third kappa shape index (κ3) is 4.37. The number of ether oxygens (including phenoxy) is 1. The molecule has 1 aliphatic heterocycles. The van der Waals surface area contributed by atoms with E-state index in [4.69, 9.17) is 10.5 Å². The lowest BCUT2D eigenvalue weighted by atomic mass is 10.0. The first kappa shape index (κ1) is 13.3. The number of amides is 1. The van der Waals surface area contributed by atoms with Crippen molar-refractivity contribution in [3.63, 3.8) is 0 Å². The molecule has 0 aromatic carbocycles. The summed E-state index contributed by atoms with van der Waals surface area (Å²) in [6.45, 7) is 9.63. The second-order valence-electron chi connectivity index (χ2n) is 5.24. The molecule has 1 aliphatic rings. The minimum Gasteiger partial charge on any atom is -0.444 e. The van der Waals surface area contributed by atoms with Gasteiger partial charge in [-0.25, -0.2) is 4.79 Å². The van der Waals surface area contributed by atoms with Crippen LogP contribution in [0.3, 0.4) is 0 Å². The highest BCUT2D eigenvalue weighted by atomic mass is 16.6. The lowest BCUT2D eigenvalue weighted by Gasteiger charge is -2.39. The number of nitrogens with two attached hydrogens (primary N) is 1. The Morgan fingerprint density at radius 1 is 1.50 bits per heavy atom. The molecule has 1 saturated heterocycles. The highest BCUT2D eigenvalue weighted by molar-refractivity contribution is 5.69. The van der Waals surface area contributed by atoms with E-state index in [2.05, 4.69) is 5.32 Å². The molecule has 3 N–H and O–H groups in total. The standard InChI is InChI=1S/C11H23N3O2/c1-11(2,3)16-10(15)14-7-9(8-14)6-13-5-4-12/h9,13H,4-8,12H2,1-3H3. The lowest BCUT2D eigenvalue weighted by molar-refractivity contribution is -0.000704. The Bertz CT molecular complexity index is 232. The molecular formula is C11H23N3O2. The zero-order valence-corrected chi connectivity index (χ0v) is 10.5. The fraction of sp³-hybridized carbons (Fsp3) is 0.909. The largest absolute Gasteiger partial charge is 0.444 e. The molecule has 1 fully saturated rings. The molecule has 0 aromatic rings. The molecule has 1 amide bonds. The van der Waals surface area contributed by atoms with Crippen LogP contribution in [0.15, 0.2) is 0 Å². The zero-order chi connectivity index (χ0) is 12.2. The number of likely N-dealkylation sites (tertiary alicyclic amines) is 1. The Kier molecular flexibility index (Phi) is 4.56. The van der Waals surface area contributed by atoms with Crippen molar-refractivity contribution in [1.82, 2.24) is 10.2 Å². The van der Waals surface area contributed by atoms with Gasteiger partial charge in [-0.2, -0.15) is 0 Å². The van der Waals surface area contributed by atoms with Crippen LogP contribution in [0.1, 0.15) is 20.8 Å². The summed E-state index contributed by atoms with van der Waals surface area (Å²) in [7, 11) is 0. The number of carbonyl (C=O) groups is 1. The molecule has 5 nitrogen and oxygen atoms in total. The summed E-state index contributed by atoms with van der Waals surface area (Å²) in [5, 5.41) is 3.24. The van der Waals surface area contributed by atoms with Gasteiger partial charge in [0.15, 0.2) is 0 Å². The van der Waals surface area contributed by atoms with Gasteiger partial charge < -0.3 is 20.7 Å². The van der Waals surface area contributed by atoms with Crippen molar-refractivity contribution in [2.75, 3.05) is 32.7 Å². The highest BCUT2D eigenvalue weighted by Gasteiger charge is 2.33. The predicted molar refractivity (Wildman–Crippen MR) is 63.2 cm³/mol. The SMILES string of the molecule is CC(C)(C)OC(=O)N1CC(CNCCN)C1. The van der Waals surface area contributed by atoms with Crippen LogP contribution in [0, 0.1) is 5.92 Å². The number of hydrogen-bond donors (Lipinski definition) is 2. The van der Waals surface area contributed by atoms with Gasteiger partial charge in [0.05, 0.1) is 0 Å². The monoisotopic (exact) mass is 229 g/mol. The third-order valence-electron chi connectivity index (χ3n) is 2.36. The number of carbonyl (C=O) groups excluding carboxylic acids is 1. The second kappa shape index (κ2) is 5.50. The van der Waals surface area contributed by atoms with Gasteiger partial charge in [-0.3, -0.25) is 0 Å². The molecule has 0 atom stereocenters. The third-order valence-corrected chi connectivity index (χ3v) is 2.36. The predicted octanol–water partition coefficient (Wildman–Crippen LogP) is 0.402. The van der Waals surface area contributed by atoms with Crippen LogP contribution < -0.4 is 11.1 Å². The van der Waals surface area contributed by atoms with E-state index in [1.54, 1.807) is 4.90 Å². The normalized spacial score (nSPS) is 17.1. The molecule has 1 heterocycles. The summed E-state index contributed by atoms with van der Waals surface area (Å²) in [6.07, 6.45) is -0.206. The van der Waals surface area contributed by atoms with Crippen molar-refractivity contribution in [3.8, 4) is 0 Å². The minimum absolute atomic E-state index is 0.206. The van der Waals surface area contributed by atoms with E-state index in [9.17, 15) is 4.79 Å². The summed E-state index contributed by atoms with van der Waals surface area (Å²) < 4.78 is 5.26. The summed E-state index contributed by atoms with van der Waals surface area (Å²) in [4.78, 5) is 13.3. The Morgan fingerprint density at radius 2 is 2.12 bits per heavy atom. The van der Waals surface area contributed by atoms with Crippen LogP contribution in [0.2, 0.25) is 0 Å². The number of hydrogen-bond acceptors (Lipinski definition) is 4. The van der Waals surface area contributed by atoms with Crippen molar-refractivity contribution >= 4 is 6.09 Å². The van der Waals surface area contributed by atoms with Crippen molar-refractivity contribution < 1.29 is 9.53 Å². The van der Waals surface area contributed by atoms with Gasteiger partial charge >= 0.3 is 6.09 Å². The van der Waals surface area contributed by atoms with Gasteiger partial charge in [-0.05, 0) is 20.8 Å². The maximum Gasteiger partial charge on any atom is 0.410 e. The van der Waals surface area contributed by atoms with Crippen LogP contribution in [0.4, 0.5) is 4.79 Å². The quantitative estimate of drug-likeness (QED) is 0.685. The average molecular weight is 229 g/mol. The van der Waals surface area contributed by atoms with Gasteiger partial charge in [0.2, 0.25) is 0 Å². The van der Waals surface area contributed by atoms with Crippen molar-refractivity contribution in [1.29, 1.82) is 0 Å². The lowest BCUT2D eigenvalue weighted by Crippen LogP contribution is -2.54. The van der Waals surface area contributed by atoms with Gasteiger partial charge in [0.1, 0.15) is 5.60 Å². The Balaban J connectivity index is 2.13. The second-order valence-corrected chi connectivity index (χ2v) is 5.24. The Hall–Kier alpha value is -0.810. The first-order valence-corrected chi connectivity index (χ1v) is 5.81. The molecule has 5 heteroatoms. The van der Waals surface area contributed by atoms with Gasteiger partial charge in [0.25, 0.3) is 0 Å². The molecule has 1 rings (SSSR count). The van der Waals surface area contributed by atoms with Gasteiger partial charge in [-0.15, -0.1) is 0 Å². The minimum atomic E-state index is -0.403. The van der Waals surface area contributed by atoms with E-state index in [-0.39, 0.29) is 6.09 Å². The molecule has 0 bridgehead atoms. The van der Waals surface area contributed by atoms with E-state index < -0.39 is 5.60 Å². The number of nitrogens with one attached hydrogen (secondary N) is 1. The maximum atomic E-state index is 11.6. The van der Waals surface area contributed by atoms with Crippen molar-refractivity contribution in [3.05, 3.63) is 0 Å². The van der Waals surface area contributed by atoms with E-state index in [0.29, 0.717) is 12.5 Å². The summed E-state index contributed by atoms with van der Waals surface area (Å²) in [6, 6.07) is 0. The maximum absolute atomic E-state index is 11.6. The molecule has 0 aliphatic carbocycles. The van der Waals surface area contributed by atoms with E-state index in [1.807, 2.05) is 20.8 Å². The Morgan fingerprint density at radius 3 is 2.62 bits per heavy atom. The molecule has 0 spiro atoms. The van der Waals surface area contributed by atoms with Crippen LogP contribution in [-0.2, 0) is 4.74 Å². The molecule has 0 saturated carbocycles. The first-order valence-electron chi connectivity index (χ1n) is 5.81. The number of nitrogens with zero attached hydrogens (tertiary/aromatic N) is 1. The average Bonchev–Trinajstić information content (AvgIpc) is 2.05. The Labute approximate surface area is 97.3 Å². The van der Waals surface area contributed by atoms with Crippen LogP contribution in [0.5, 0.6) is 0 Å². The smallest absolute Gasteiger partial charge is 0.410 e. The topological polar surface area (TPSA) is 67.6 Å². The molecular weight excluding hydrogens is 206 g/mol. The summed E-state index contributed by atoms with van der Waals surface area (Å²) >= 11 is 0. The van der Waals surface area contributed by atoms with Gasteiger partial charge in [0, 0.05) is 38.6 Å². The van der Waals surface area contributed by atoms with Crippen molar-refractivity contribution in [2.45, 2.75) is 26.4 Å². The van der Waals surface area contributed by atoms with E-state index >= 15 is 0 Å². The molecule has 0 unspecified atom stereocenters. The van der Waals surface area contributed by atoms with Crippen LogP contribution in [0.25, 0.3) is 0 Å². The molecule has 94 valence electrons. The van der Waals surface area contributed by atoms with Gasteiger partial charge in [-0.1, -0.05) is 0 Å². The van der Waals surface area contributed by atoms with E-state index in [1.165, 1.54) is 0 Å².